The van der Waals surface area contributed by atoms with Gasteiger partial charge in [-0.25, -0.2) is 5.43 Å². The lowest BCUT2D eigenvalue weighted by molar-refractivity contribution is -0.384. The number of hydrazone groups is 1. The van der Waals surface area contributed by atoms with Gasteiger partial charge in [-0.15, -0.1) is 0 Å². The van der Waals surface area contributed by atoms with E-state index in [1.807, 2.05) is 23.1 Å². The number of rotatable bonds is 9. The van der Waals surface area contributed by atoms with Crippen LogP contribution in [0, 0.1) is 10.1 Å². The molecule has 186 valence electrons. The Hall–Kier alpha value is -3.95. The lowest BCUT2D eigenvalue weighted by atomic mass is 10.1. The summed E-state index contributed by atoms with van der Waals surface area (Å²) in [7, 11) is 0. The summed E-state index contributed by atoms with van der Waals surface area (Å²) in [6.07, 6.45) is 1.37. The molecule has 1 heterocycles. The van der Waals surface area contributed by atoms with Gasteiger partial charge in [0.05, 0.1) is 11.1 Å². The van der Waals surface area contributed by atoms with Crippen molar-refractivity contribution in [3.05, 3.63) is 99.1 Å². The number of benzene rings is 3. The van der Waals surface area contributed by atoms with E-state index in [0.717, 1.165) is 19.6 Å². The SMILES string of the molecule is O=C(COc1ccc(Cl)cc1)NN=Cc1ccc(N2CCN(Cc3ccccc3)CC2)c([N+](=O)[O-])c1. The Bertz CT molecular complexity index is 1210. The normalized spacial score (nSPS) is 14.1. The minimum Gasteiger partial charge on any atom is -0.484 e. The number of nitrogens with one attached hydrogen (secondary N) is 1. The van der Waals surface area contributed by atoms with E-state index in [1.165, 1.54) is 17.8 Å². The maximum Gasteiger partial charge on any atom is 0.293 e. The van der Waals surface area contributed by atoms with Crippen molar-refractivity contribution in [1.82, 2.24) is 10.3 Å². The average molecular weight is 508 g/mol. The first-order valence-electron chi connectivity index (χ1n) is 11.5. The first-order chi connectivity index (χ1) is 17.5. The summed E-state index contributed by atoms with van der Waals surface area (Å²) in [4.78, 5) is 27.7. The second-order valence-electron chi connectivity index (χ2n) is 8.29. The highest BCUT2D eigenvalue weighted by Crippen LogP contribution is 2.30. The van der Waals surface area contributed by atoms with Gasteiger partial charge < -0.3 is 9.64 Å². The number of ether oxygens (including phenoxy) is 1. The summed E-state index contributed by atoms with van der Waals surface area (Å²) >= 11 is 5.82. The summed E-state index contributed by atoms with van der Waals surface area (Å²) in [5.74, 6) is 0.0475. The number of hydrogen-bond acceptors (Lipinski definition) is 7. The molecule has 0 atom stereocenters. The zero-order valence-corrected chi connectivity index (χ0v) is 20.3. The molecule has 1 aliphatic heterocycles. The third kappa shape index (κ3) is 7.03. The number of carbonyl (C=O) groups is 1. The molecule has 0 radical (unpaired) electrons. The number of anilines is 1. The zero-order chi connectivity index (χ0) is 25.3. The largest absolute Gasteiger partial charge is 0.484 e. The highest BCUT2D eigenvalue weighted by molar-refractivity contribution is 6.30. The van der Waals surface area contributed by atoms with E-state index < -0.39 is 5.91 Å². The van der Waals surface area contributed by atoms with Crippen molar-refractivity contribution in [1.29, 1.82) is 0 Å². The fourth-order valence-corrected chi connectivity index (χ4v) is 4.04. The van der Waals surface area contributed by atoms with E-state index in [4.69, 9.17) is 16.3 Å². The van der Waals surface area contributed by atoms with Crippen molar-refractivity contribution in [3.8, 4) is 5.75 Å². The molecule has 3 aromatic carbocycles. The van der Waals surface area contributed by atoms with Crippen LogP contribution in [0.2, 0.25) is 5.02 Å². The molecule has 0 aromatic heterocycles. The monoisotopic (exact) mass is 507 g/mol. The van der Waals surface area contributed by atoms with E-state index in [0.29, 0.717) is 35.1 Å². The second-order valence-corrected chi connectivity index (χ2v) is 8.73. The molecule has 0 unspecified atom stereocenters. The molecular weight excluding hydrogens is 482 g/mol. The quantitative estimate of drug-likeness (QED) is 0.266. The number of amides is 1. The Balaban J connectivity index is 1.31. The fraction of sp³-hybridized carbons (Fsp3) is 0.231. The highest BCUT2D eigenvalue weighted by atomic mass is 35.5. The maximum absolute atomic E-state index is 12.0. The molecule has 0 bridgehead atoms. The van der Waals surface area contributed by atoms with Crippen LogP contribution in [0.25, 0.3) is 0 Å². The molecule has 1 N–H and O–H groups in total. The molecule has 1 fully saturated rings. The van der Waals surface area contributed by atoms with Gasteiger partial charge in [0.25, 0.3) is 11.6 Å². The van der Waals surface area contributed by atoms with Gasteiger partial charge in [0.2, 0.25) is 0 Å². The summed E-state index contributed by atoms with van der Waals surface area (Å²) in [5.41, 5.74) is 4.71. The van der Waals surface area contributed by atoms with Crippen LogP contribution in [0.3, 0.4) is 0 Å². The first-order valence-corrected chi connectivity index (χ1v) is 11.9. The molecule has 4 rings (SSSR count). The molecule has 0 spiro atoms. The third-order valence-electron chi connectivity index (χ3n) is 5.74. The Labute approximate surface area is 214 Å². The Kier molecular flexibility index (Phi) is 8.48. The van der Waals surface area contributed by atoms with Crippen molar-refractivity contribution in [3.63, 3.8) is 0 Å². The van der Waals surface area contributed by atoms with Gasteiger partial charge >= 0.3 is 0 Å². The average Bonchev–Trinajstić information content (AvgIpc) is 2.89. The summed E-state index contributed by atoms with van der Waals surface area (Å²) in [5, 5.41) is 16.2. The molecule has 3 aromatic rings. The van der Waals surface area contributed by atoms with Crippen molar-refractivity contribution in [2.24, 2.45) is 5.10 Å². The number of piperazine rings is 1. The first kappa shape index (κ1) is 25.2. The van der Waals surface area contributed by atoms with Gasteiger partial charge in [-0.3, -0.25) is 19.8 Å². The van der Waals surface area contributed by atoms with Crippen LogP contribution in [0.5, 0.6) is 5.75 Å². The summed E-state index contributed by atoms with van der Waals surface area (Å²) < 4.78 is 5.36. The van der Waals surface area contributed by atoms with Crippen molar-refractivity contribution in [2.75, 3.05) is 37.7 Å². The van der Waals surface area contributed by atoms with E-state index in [2.05, 4.69) is 27.6 Å². The van der Waals surface area contributed by atoms with Gasteiger partial charge in [0.15, 0.2) is 6.61 Å². The Morgan fingerprint density at radius 1 is 1.06 bits per heavy atom. The zero-order valence-electron chi connectivity index (χ0n) is 19.5. The van der Waals surface area contributed by atoms with Crippen LogP contribution in [-0.4, -0.2) is 54.7 Å². The molecule has 1 aliphatic rings. The number of nitro benzene ring substituents is 1. The molecule has 9 nitrogen and oxygen atoms in total. The van der Waals surface area contributed by atoms with E-state index in [1.54, 1.807) is 36.4 Å². The third-order valence-corrected chi connectivity index (χ3v) is 6.00. The minimum atomic E-state index is -0.458. The predicted molar refractivity (Wildman–Crippen MR) is 140 cm³/mol. The molecule has 1 saturated heterocycles. The van der Waals surface area contributed by atoms with Gasteiger partial charge in [-0.2, -0.15) is 5.10 Å². The summed E-state index contributed by atoms with van der Waals surface area (Å²) in [6.45, 7) is 3.67. The molecule has 36 heavy (non-hydrogen) atoms. The van der Waals surface area contributed by atoms with E-state index in [9.17, 15) is 14.9 Å². The van der Waals surface area contributed by atoms with Crippen LogP contribution in [0.1, 0.15) is 11.1 Å². The minimum absolute atomic E-state index is 0.00728. The molecular formula is C26H26ClN5O4. The van der Waals surface area contributed by atoms with Gasteiger partial charge in [0, 0.05) is 49.4 Å². The van der Waals surface area contributed by atoms with Crippen molar-refractivity contribution < 1.29 is 14.5 Å². The van der Waals surface area contributed by atoms with Crippen LogP contribution in [0.15, 0.2) is 77.9 Å². The van der Waals surface area contributed by atoms with Crippen LogP contribution < -0.4 is 15.1 Å². The number of nitrogens with zero attached hydrogens (tertiary/aromatic N) is 4. The number of hydrogen-bond donors (Lipinski definition) is 1. The molecule has 10 heteroatoms. The number of carbonyl (C=O) groups excluding carboxylic acids is 1. The topological polar surface area (TPSA) is 100 Å². The lowest BCUT2D eigenvalue weighted by Gasteiger charge is -2.35. The smallest absolute Gasteiger partial charge is 0.293 e. The molecule has 0 saturated carbocycles. The Morgan fingerprint density at radius 3 is 2.47 bits per heavy atom. The van der Waals surface area contributed by atoms with Gasteiger partial charge in [0.1, 0.15) is 11.4 Å². The predicted octanol–water partition coefficient (Wildman–Crippen LogP) is 4.10. The van der Waals surface area contributed by atoms with Crippen molar-refractivity contribution in [2.45, 2.75) is 6.54 Å². The number of nitro groups is 1. The fourth-order valence-electron chi connectivity index (χ4n) is 3.91. The number of halogens is 1. The van der Waals surface area contributed by atoms with Crippen LogP contribution in [0.4, 0.5) is 11.4 Å². The standard InChI is InChI=1S/C26H26ClN5O4/c27-22-7-9-23(10-8-22)36-19-26(33)29-28-17-21-6-11-24(25(16-21)32(34)35)31-14-12-30(13-15-31)18-20-4-2-1-3-5-20/h1-11,16-17H,12-15,18-19H2,(H,29,33). The lowest BCUT2D eigenvalue weighted by Crippen LogP contribution is -2.46. The van der Waals surface area contributed by atoms with Gasteiger partial charge in [-0.1, -0.05) is 48.0 Å². The molecule has 1 amide bonds. The van der Waals surface area contributed by atoms with Crippen LogP contribution in [-0.2, 0) is 11.3 Å². The van der Waals surface area contributed by atoms with Gasteiger partial charge in [-0.05, 0) is 35.9 Å². The van der Waals surface area contributed by atoms with E-state index >= 15 is 0 Å². The maximum atomic E-state index is 12.0. The molecule has 0 aliphatic carbocycles. The Morgan fingerprint density at radius 2 is 1.78 bits per heavy atom. The van der Waals surface area contributed by atoms with Crippen molar-refractivity contribution >= 4 is 35.1 Å². The van der Waals surface area contributed by atoms with Crippen LogP contribution >= 0.6 is 11.6 Å². The second kappa shape index (κ2) is 12.1. The highest BCUT2D eigenvalue weighted by Gasteiger charge is 2.24. The van der Waals surface area contributed by atoms with E-state index in [-0.39, 0.29) is 17.2 Å². The summed E-state index contributed by atoms with van der Waals surface area (Å²) in [6, 6.07) is 21.8.